The van der Waals surface area contributed by atoms with Gasteiger partial charge in [0.2, 0.25) is 0 Å². The third-order valence-corrected chi connectivity index (χ3v) is 2.30. The molecule has 0 fully saturated rings. The van der Waals surface area contributed by atoms with Crippen LogP contribution in [0.15, 0.2) is 18.2 Å². The standard InChI is InChI=1S/C10H14IN/c1-7(2)12-10-5-4-9(11)6-8(10)3/h4-7,12H,1-3H3. The van der Waals surface area contributed by atoms with Gasteiger partial charge in [-0.2, -0.15) is 0 Å². The minimum absolute atomic E-state index is 0.503. The molecule has 0 heterocycles. The lowest BCUT2D eigenvalue weighted by molar-refractivity contribution is 0.897. The Morgan fingerprint density at radius 3 is 2.50 bits per heavy atom. The maximum atomic E-state index is 3.40. The molecule has 1 nitrogen and oxygen atoms in total. The number of benzene rings is 1. The predicted octanol–water partition coefficient (Wildman–Crippen LogP) is 3.42. The normalized spacial score (nSPS) is 10.4. The zero-order valence-corrected chi connectivity index (χ0v) is 9.84. The monoisotopic (exact) mass is 275 g/mol. The highest BCUT2D eigenvalue weighted by Gasteiger charge is 1.99. The van der Waals surface area contributed by atoms with E-state index < -0.39 is 0 Å². The molecule has 0 unspecified atom stereocenters. The van der Waals surface area contributed by atoms with Crippen molar-refractivity contribution in [1.29, 1.82) is 0 Å². The summed E-state index contributed by atoms with van der Waals surface area (Å²) in [7, 11) is 0. The van der Waals surface area contributed by atoms with Gasteiger partial charge in [0.25, 0.3) is 0 Å². The third-order valence-electron chi connectivity index (χ3n) is 1.63. The molecule has 1 aromatic carbocycles. The number of nitrogens with one attached hydrogen (secondary N) is 1. The largest absolute Gasteiger partial charge is 0.383 e. The van der Waals surface area contributed by atoms with Crippen molar-refractivity contribution in [2.24, 2.45) is 0 Å². The van der Waals surface area contributed by atoms with Crippen molar-refractivity contribution < 1.29 is 0 Å². The Kier molecular flexibility index (Phi) is 3.38. The summed E-state index contributed by atoms with van der Waals surface area (Å²) in [4.78, 5) is 0. The summed E-state index contributed by atoms with van der Waals surface area (Å²) in [6.07, 6.45) is 0. The molecule has 0 spiro atoms. The van der Waals surface area contributed by atoms with Crippen molar-refractivity contribution in [2.75, 3.05) is 5.32 Å². The molecule has 0 amide bonds. The molecule has 0 aromatic heterocycles. The number of anilines is 1. The SMILES string of the molecule is Cc1cc(I)ccc1NC(C)C. The Bertz CT molecular complexity index is 269. The van der Waals surface area contributed by atoms with Gasteiger partial charge in [-0.05, 0) is 67.1 Å². The van der Waals surface area contributed by atoms with Gasteiger partial charge >= 0.3 is 0 Å². The van der Waals surface area contributed by atoms with Crippen LogP contribution in [0.3, 0.4) is 0 Å². The van der Waals surface area contributed by atoms with Crippen LogP contribution in [0.2, 0.25) is 0 Å². The smallest absolute Gasteiger partial charge is 0.0372 e. The van der Waals surface area contributed by atoms with Gasteiger partial charge < -0.3 is 5.32 Å². The first-order chi connectivity index (χ1) is 5.59. The van der Waals surface area contributed by atoms with E-state index in [1.807, 2.05) is 0 Å². The lowest BCUT2D eigenvalue weighted by Crippen LogP contribution is -2.10. The van der Waals surface area contributed by atoms with Crippen molar-refractivity contribution in [1.82, 2.24) is 0 Å². The second-order valence-electron chi connectivity index (χ2n) is 3.26. The summed E-state index contributed by atoms with van der Waals surface area (Å²) in [5.74, 6) is 0. The number of rotatable bonds is 2. The fourth-order valence-electron chi connectivity index (χ4n) is 1.10. The van der Waals surface area contributed by atoms with Gasteiger partial charge in [-0.25, -0.2) is 0 Å². The van der Waals surface area contributed by atoms with Gasteiger partial charge in [-0.15, -0.1) is 0 Å². The van der Waals surface area contributed by atoms with Crippen LogP contribution in [0.1, 0.15) is 19.4 Å². The first kappa shape index (κ1) is 9.84. The maximum Gasteiger partial charge on any atom is 0.0372 e. The van der Waals surface area contributed by atoms with E-state index in [-0.39, 0.29) is 0 Å². The van der Waals surface area contributed by atoms with E-state index in [4.69, 9.17) is 0 Å². The van der Waals surface area contributed by atoms with Gasteiger partial charge in [0.05, 0.1) is 0 Å². The quantitative estimate of drug-likeness (QED) is 0.815. The molecule has 66 valence electrons. The molecule has 1 rings (SSSR count). The Labute approximate surface area is 87.7 Å². The average Bonchev–Trinajstić information content (AvgIpc) is 1.94. The molecule has 1 aromatic rings. The highest BCUT2D eigenvalue weighted by Crippen LogP contribution is 2.18. The number of hydrogen-bond acceptors (Lipinski definition) is 1. The highest BCUT2D eigenvalue weighted by atomic mass is 127. The Balaban J connectivity index is 2.86. The van der Waals surface area contributed by atoms with Gasteiger partial charge in [-0.1, -0.05) is 0 Å². The molecule has 12 heavy (non-hydrogen) atoms. The lowest BCUT2D eigenvalue weighted by Gasteiger charge is -2.12. The van der Waals surface area contributed by atoms with Crippen LogP contribution < -0.4 is 5.32 Å². The highest BCUT2D eigenvalue weighted by molar-refractivity contribution is 14.1. The van der Waals surface area contributed by atoms with E-state index in [1.165, 1.54) is 14.8 Å². The van der Waals surface area contributed by atoms with E-state index in [2.05, 4.69) is 66.9 Å². The first-order valence-electron chi connectivity index (χ1n) is 4.12. The van der Waals surface area contributed by atoms with Gasteiger partial charge in [-0.3, -0.25) is 0 Å². The van der Waals surface area contributed by atoms with E-state index >= 15 is 0 Å². The summed E-state index contributed by atoms with van der Waals surface area (Å²) in [6.45, 7) is 6.43. The van der Waals surface area contributed by atoms with Crippen LogP contribution in [0.5, 0.6) is 0 Å². The van der Waals surface area contributed by atoms with Crippen molar-refractivity contribution in [3.63, 3.8) is 0 Å². The molecule has 0 aliphatic carbocycles. The van der Waals surface area contributed by atoms with E-state index in [9.17, 15) is 0 Å². The van der Waals surface area contributed by atoms with Crippen molar-refractivity contribution in [3.8, 4) is 0 Å². The fourth-order valence-corrected chi connectivity index (χ4v) is 1.75. The van der Waals surface area contributed by atoms with Crippen LogP contribution in [0, 0.1) is 10.5 Å². The molecule has 2 heteroatoms. The second-order valence-corrected chi connectivity index (χ2v) is 4.50. The molecule has 1 N–H and O–H groups in total. The van der Waals surface area contributed by atoms with Crippen molar-refractivity contribution in [2.45, 2.75) is 26.8 Å². The molecule has 0 saturated heterocycles. The van der Waals surface area contributed by atoms with Crippen LogP contribution in [-0.4, -0.2) is 6.04 Å². The second kappa shape index (κ2) is 4.12. The average molecular weight is 275 g/mol. The molecule has 0 bridgehead atoms. The molecule has 0 saturated carbocycles. The van der Waals surface area contributed by atoms with Crippen molar-refractivity contribution in [3.05, 3.63) is 27.3 Å². The van der Waals surface area contributed by atoms with Gasteiger partial charge in [0.1, 0.15) is 0 Å². The van der Waals surface area contributed by atoms with Gasteiger partial charge in [0, 0.05) is 15.3 Å². The molecular formula is C10H14IN. The number of aryl methyl sites for hydroxylation is 1. The topological polar surface area (TPSA) is 12.0 Å². The third kappa shape index (κ3) is 2.66. The minimum atomic E-state index is 0.503. The predicted molar refractivity (Wildman–Crippen MR) is 62.7 cm³/mol. The van der Waals surface area contributed by atoms with Crippen LogP contribution >= 0.6 is 22.6 Å². The Morgan fingerprint density at radius 1 is 1.33 bits per heavy atom. The lowest BCUT2D eigenvalue weighted by atomic mass is 10.2. The zero-order chi connectivity index (χ0) is 9.14. The summed E-state index contributed by atoms with van der Waals surface area (Å²) in [6, 6.07) is 6.95. The maximum absolute atomic E-state index is 3.40. The van der Waals surface area contributed by atoms with E-state index in [0.29, 0.717) is 6.04 Å². The first-order valence-corrected chi connectivity index (χ1v) is 5.20. The molecular weight excluding hydrogens is 261 g/mol. The van der Waals surface area contributed by atoms with Crippen LogP contribution in [0.4, 0.5) is 5.69 Å². The molecule has 0 aliphatic rings. The molecule has 0 aliphatic heterocycles. The Hall–Kier alpha value is -0.250. The molecule has 0 atom stereocenters. The Morgan fingerprint density at radius 2 is 2.00 bits per heavy atom. The summed E-state index contributed by atoms with van der Waals surface area (Å²) in [5.41, 5.74) is 2.56. The minimum Gasteiger partial charge on any atom is -0.383 e. The molecule has 0 radical (unpaired) electrons. The summed E-state index contributed by atoms with van der Waals surface area (Å²) >= 11 is 2.33. The van der Waals surface area contributed by atoms with Crippen LogP contribution in [0.25, 0.3) is 0 Å². The van der Waals surface area contributed by atoms with Crippen LogP contribution in [-0.2, 0) is 0 Å². The number of hydrogen-bond donors (Lipinski definition) is 1. The van der Waals surface area contributed by atoms with Gasteiger partial charge in [0.15, 0.2) is 0 Å². The summed E-state index contributed by atoms with van der Waals surface area (Å²) in [5, 5.41) is 3.40. The number of halogens is 1. The summed E-state index contributed by atoms with van der Waals surface area (Å²) < 4.78 is 1.29. The van der Waals surface area contributed by atoms with Crippen molar-refractivity contribution >= 4 is 28.3 Å². The fraction of sp³-hybridized carbons (Fsp3) is 0.400. The van der Waals surface area contributed by atoms with E-state index in [1.54, 1.807) is 0 Å². The van der Waals surface area contributed by atoms with E-state index in [0.717, 1.165) is 0 Å². The zero-order valence-electron chi connectivity index (χ0n) is 7.69.